The SMILES string of the molecule is CC(C(=O)Nc1cccc(-n2cnnc2)c1)=C1CNC1. The van der Waals surface area contributed by atoms with Crippen molar-refractivity contribution in [2.75, 3.05) is 18.4 Å². The van der Waals surface area contributed by atoms with Gasteiger partial charge >= 0.3 is 0 Å². The fourth-order valence-corrected chi connectivity index (χ4v) is 1.98. The van der Waals surface area contributed by atoms with E-state index >= 15 is 0 Å². The average molecular weight is 269 g/mol. The van der Waals surface area contributed by atoms with Crippen molar-refractivity contribution in [1.29, 1.82) is 0 Å². The second-order valence-electron chi connectivity index (χ2n) is 4.71. The molecule has 2 aromatic rings. The van der Waals surface area contributed by atoms with Crippen molar-refractivity contribution in [2.45, 2.75) is 6.92 Å². The first-order chi connectivity index (χ1) is 9.74. The highest BCUT2D eigenvalue weighted by molar-refractivity contribution is 6.04. The number of hydrogen-bond acceptors (Lipinski definition) is 4. The molecular weight excluding hydrogens is 254 g/mol. The molecule has 2 N–H and O–H groups in total. The summed E-state index contributed by atoms with van der Waals surface area (Å²) in [6.07, 6.45) is 3.24. The zero-order valence-corrected chi connectivity index (χ0v) is 11.1. The van der Waals surface area contributed by atoms with Crippen LogP contribution in [0.15, 0.2) is 48.1 Å². The Morgan fingerprint density at radius 1 is 1.30 bits per heavy atom. The van der Waals surface area contributed by atoms with E-state index in [0.717, 1.165) is 35.6 Å². The van der Waals surface area contributed by atoms with Gasteiger partial charge in [-0.1, -0.05) is 6.07 Å². The lowest BCUT2D eigenvalue weighted by molar-refractivity contribution is -0.112. The first-order valence-corrected chi connectivity index (χ1v) is 6.40. The number of rotatable bonds is 3. The lowest BCUT2D eigenvalue weighted by Gasteiger charge is -2.21. The summed E-state index contributed by atoms with van der Waals surface area (Å²) >= 11 is 0. The summed E-state index contributed by atoms with van der Waals surface area (Å²) in [6.45, 7) is 3.47. The van der Waals surface area contributed by atoms with Crippen molar-refractivity contribution < 1.29 is 4.79 Å². The normalized spacial score (nSPS) is 13.8. The van der Waals surface area contributed by atoms with Crippen LogP contribution in [0.5, 0.6) is 0 Å². The number of amides is 1. The van der Waals surface area contributed by atoms with Crippen LogP contribution in [0.1, 0.15) is 6.92 Å². The minimum Gasteiger partial charge on any atom is -0.322 e. The third kappa shape index (κ3) is 2.46. The van der Waals surface area contributed by atoms with Crippen LogP contribution in [0.25, 0.3) is 5.69 Å². The fraction of sp³-hybridized carbons (Fsp3) is 0.214. The van der Waals surface area contributed by atoms with E-state index in [9.17, 15) is 4.79 Å². The lowest BCUT2D eigenvalue weighted by atomic mass is 10.0. The molecule has 0 bridgehead atoms. The molecule has 1 aromatic heterocycles. The number of anilines is 1. The van der Waals surface area contributed by atoms with Gasteiger partial charge in [0.2, 0.25) is 0 Å². The van der Waals surface area contributed by atoms with Gasteiger partial charge < -0.3 is 10.6 Å². The van der Waals surface area contributed by atoms with Gasteiger partial charge in [-0.3, -0.25) is 9.36 Å². The maximum absolute atomic E-state index is 12.1. The molecule has 0 saturated carbocycles. The minimum atomic E-state index is -0.0533. The lowest BCUT2D eigenvalue weighted by Crippen LogP contribution is -2.36. The van der Waals surface area contributed by atoms with Crippen LogP contribution >= 0.6 is 0 Å². The highest BCUT2D eigenvalue weighted by atomic mass is 16.1. The van der Waals surface area contributed by atoms with Crippen LogP contribution in [-0.4, -0.2) is 33.8 Å². The van der Waals surface area contributed by atoms with Crippen molar-refractivity contribution in [2.24, 2.45) is 0 Å². The Hall–Kier alpha value is -2.47. The van der Waals surface area contributed by atoms with Crippen molar-refractivity contribution in [3.8, 4) is 5.69 Å². The van der Waals surface area contributed by atoms with Crippen molar-refractivity contribution in [1.82, 2.24) is 20.1 Å². The number of carbonyl (C=O) groups excluding carboxylic acids is 1. The summed E-state index contributed by atoms with van der Waals surface area (Å²) in [4.78, 5) is 12.1. The van der Waals surface area contributed by atoms with Gasteiger partial charge in [0.1, 0.15) is 12.7 Å². The maximum Gasteiger partial charge on any atom is 0.251 e. The third-order valence-corrected chi connectivity index (χ3v) is 3.37. The van der Waals surface area contributed by atoms with Crippen LogP contribution in [0.4, 0.5) is 5.69 Å². The van der Waals surface area contributed by atoms with Gasteiger partial charge in [0.15, 0.2) is 0 Å². The van der Waals surface area contributed by atoms with Gasteiger partial charge in [0, 0.05) is 24.4 Å². The molecule has 0 unspecified atom stereocenters. The predicted octanol–water partition coefficient (Wildman–Crippen LogP) is 1.13. The second-order valence-corrected chi connectivity index (χ2v) is 4.71. The van der Waals surface area contributed by atoms with E-state index in [-0.39, 0.29) is 5.91 Å². The zero-order valence-electron chi connectivity index (χ0n) is 11.1. The molecule has 102 valence electrons. The monoisotopic (exact) mass is 269 g/mol. The Morgan fingerprint density at radius 2 is 2.05 bits per heavy atom. The number of nitrogens with one attached hydrogen (secondary N) is 2. The van der Waals surface area contributed by atoms with Crippen LogP contribution in [-0.2, 0) is 4.79 Å². The van der Waals surface area contributed by atoms with Crippen LogP contribution in [0.2, 0.25) is 0 Å². The second kappa shape index (κ2) is 5.26. The quantitative estimate of drug-likeness (QED) is 0.819. The van der Waals surface area contributed by atoms with E-state index in [4.69, 9.17) is 0 Å². The van der Waals surface area contributed by atoms with E-state index in [1.165, 1.54) is 0 Å². The molecule has 1 aliphatic rings. The average Bonchev–Trinajstić information content (AvgIpc) is 2.90. The highest BCUT2D eigenvalue weighted by Gasteiger charge is 2.16. The van der Waals surface area contributed by atoms with E-state index in [2.05, 4.69) is 20.8 Å². The third-order valence-electron chi connectivity index (χ3n) is 3.37. The molecule has 1 aliphatic heterocycles. The topological polar surface area (TPSA) is 71.8 Å². The zero-order chi connectivity index (χ0) is 13.9. The Bertz CT molecular complexity index is 654. The summed E-state index contributed by atoms with van der Waals surface area (Å²) in [5, 5.41) is 13.6. The first-order valence-electron chi connectivity index (χ1n) is 6.40. The van der Waals surface area contributed by atoms with Gasteiger partial charge in [-0.2, -0.15) is 0 Å². The standard InChI is InChI=1S/C14H15N5O/c1-10(11-6-15-7-11)14(20)18-12-3-2-4-13(5-12)19-8-16-17-9-19/h2-5,8-9,15H,6-7H2,1H3,(H,18,20). The molecule has 0 radical (unpaired) electrons. The molecule has 1 aromatic carbocycles. The summed E-state index contributed by atoms with van der Waals surface area (Å²) < 4.78 is 1.79. The van der Waals surface area contributed by atoms with Crippen LogP contribution < -0.4 is 10.6 Å². The first kappa shape index (κ1) is 12.6. The van der Waals surface area contributed by atoms with Gasteiger partial charge in [-0.15, -0.1) is 10.2 Å². The van der Waals surface area contributed by atoms with Crippen molar-refractivity contribution in [3.63, 3.8) is 0 Å². The molecular formula is C14H15N5O. The molecule has 6 nitrogen and oxygen atoms in total. The molecule has 3 rings (SSSR count). The van der Waals surface area contributed by atoms with E-state index in [1.807, 2.05) is 31.2 Å². The maximum atomic E-state index is 12.1. The molecule has 2 heterocycles. The fourth-order valence-electron chi connectivity index (χ4n) is 1.98. The highest BCUT2D eigenvalue weighted by Crippen LogP contribution is 2.16. The predicted molar refractivity (Wildman–Crippen MR) is 75.6 cm³/mol. The van der Waals surface area contributed by atoms with Gasteiger partial charge in [-0.25, -0.2) is 0 Å². The Balaban J connectivity index is 1.78. The molecule has 1 amide bonds. The Morgan fingerprint density at radius 3 is 2.70 bits per heavy atom. The van der Waals surface area contributed by atoms with Crippen molar-refractivity contribution >= 4 is 11.6 Å². The van der Waals surface area contributed by atoms with Gasteiger partial charge in [0.05, 0.1) is 5.69 Å². The number of benzene rings is 1. The summed E-state index contributed by atoms with van der Waals surface area (Å²) in [6, 6.07) is 7.57. The Kier molecular flexibility index (Phi) is 3.30. The molecule has 1 saturated heterocycles. The summed E-state index contributed by atoms with van der Waals surface area (Å²) in [5.41, 5.74) is 3.62. The number of carbonyl (C=O) groups is 1. The number of hydrogen-bond donors (Lipinski definition) is 2. The molecule has 20 heavy (non-hydrogen) atoms. The summed E-state index contributed by atoms with van der Waals surface area (Å²) in [5.74, 6) is -0.0533. The van der Waals surface area contributed by atoms with E-state index in [0.29, 0.717) is 0 Å². The Labute approximate surface area is 116 Å². The molecule has 0 aliphatic carbocycles. The largest absolute Gasteiger partial charge is 0.322 e. The number of aromatic nitrogens is 3. The molecule has 0 spiro atoms. The molecule has 1 fully saturated rings. The minimum absolute atomic E-state index is 0.0533. The van der Waals surface area contributed by atoms with Gasteiger partial charge in [0.25, 0.3) is 5.91 Å². The molecule has 0 atom stereocenters. The van der Waals surface area contributed by atoms with E-state index in [1.54, 1.807) is 17.2 Å². The molecule has 6 heteroatoms. The smallest absolute Gasteiger partial charge is 0.251 e. The number of nitrogens with zero attached hydrogens (tertiary/aromatic N) is 3. The van der Waals surface area contributed by atoms with Crippen LogP contribution in [0, 0.1) is 0 Å². The summed E-state index contributed by atoms with van der Waals surface area (Å²) in [7, 11) is 0. The van der Waals surface area contributed by atoms with E-state index < -0.39 is 0 Å². The van der Waals surface area contributed by atoms with Crippen LogP contribution in [0.3, 0.4) is 0 Å². The van der Waals surface area contributed by atoms with Gasteiger partial charge in [-0.05, 0) is 30.7 Å². The van der Waals surface area contributed by atoms with Crippen molar-refractivity contribution in [3.05, 3.63) is 48.1 Å².